The Labute approximate surface area is 173 Å². The minimum atomic E-state index is 0.0813. The molecule has 0 aliphatic rings. The third kappa shape index (κ3) is 3.84. The van der Waals surface area contributed by atoms with Gasteiger partial charge in [0.15, 0.2) is 0 Å². The number of hydrogen-bond acceptors (Lipinski definition) is 3. The largest absolute Gasteiger partial charge is 0.494 e. The van der Waals surface area contributed by atoms with Crippen molar-refractivity contribution in [1.82, 2.24) is 4.57 Å². The van der Waals surface area contributed by atoms with Crippen molar-refractivity contribution in [2.24, 2.45) is 0 Å². The number of carbonyl (C=O) groups is 1. The first-order chi connectivity index (χ1) is 13.6. The molecule has 0 aliphatic heterocycles. The van der Waals surface area contributed by atoms with Gasteiger partial charge in [-0.05, 0) is 54.6 Å². The Morgan fingerprint density at radius 1 is 1.14 bits per heavy atom. The van der Waals surface area contributed by atoms with Crippen LogP contribution in [-0.2, 0) is 6.54 Å². The van der Waals surface area contributed by atoms with Gasteiger partial charge in [-0.15, -0.1) is 11.3 Å². The second-order valence-electron chi connectivity index (χ2n) is 6.67. The molecular weight excluding hydrogens is 390 g/mol. The van der Waals surface area contributed by atoms with Crippen LogP contribution < -0.4 is 4.74 Å². The normalized spacial score (nSPS) is 11.1. The van der Waals surface area contributed by atoms with Gasteiger partial charge in [0.25, 0.3) is 0 Å². The zero-order valence-corrected chi connectivity index (χ0v) is 17.1. The molecule has 0 unspecified atom stereocenters. The lowest BCUT2D eigenvalue weighted by molar-refractivity contribution is 0.104. The van der Waals surface area contributed by atoms with E-state index in [-0.39, 0.29) is 5.78 Å². The number of thiophene rings is 1. The molecule has 0 amide bonds. The number of para-hydroxylation sites is 1. The molecular formula is C23H20ClNO2S. The lowest BCUT2D eigenvalue weighted by atomic mass is 10.1. The molecule has 2 heterocycles. The fraction of sp³-hybridized carbons (Fsp3) is 0.174. The molecule has 28 heavy (non-hydrogen) atoms. The number of rotatable bonds is 7. The molecule has 4 rings (SSSR count). The summed E-state index contributed by atoms with van der Waals surface area (Å²) in [4.78, 5) is 13.6. The van der Waals surface area contributed by atoms with E-state index in [1.54, 1.807) is 0 Å². The second kappa shape index (κ2) is 8.21. The van der Waals surface area contributed by atoms with Crippen molar-refractivity contribution in [3.63, 3.8) is 0 Å². The Balaban J connectivity index is 1.48. The van der Waals surface area contributed by atoms with Crippen LogP contribution in [0.5, 0.6) is 5.75 Å². The van der Waals surface area contributed by atoms with Crippen LogP contribution in [0.25, 0.3) is 10.9 Å². The number of nitrogens with zero attached hydrogens (tertiary/aromatic N) is 1. The van der Waals surface area contributed by atoms with Crippen molar-refractivity contribution < 1.29 is 9.53 Å². The number of ketones is 1. The molecule has 0 N–H and O–H groups in total. The number of carbonyl (C=O) groups excluding carboxylic acids is 1. The number of hydrogen-bond donors (Lipinski definition) is 0. The van der Waals surface area contributed by atoms with E-state index in [1.807, 2.05) is 67.0 Å². The number of ether oxygens (including phenoxy) is 1. The topological polar surface area (TPSA) is 31.2 Å². The van der Waals surface area contributed by atoms with Crippen molar-refractivity contribution in [3.05, 3.63) is 87.2 Å². The van der Waals surface area contributed by atoms with Gasteiger partial charge in [-0.3, -0.25) is 4.79 Å². The van der Waals surface area contributed by atoms with Crippen LogP contribution in [0.2, 0.25) is 5.02 Å². The van der Waals surface area contributed by atoms with Crippen molar-refractivity contribution >= 4 is 39.6 Å². The first-order valence-corrected chi connectivity index (χ1v) is 10.4. The third-order valence-corrected chi connectivity index (χ3v) is 6.01. The molecule has 5 heteroatoms. The smallest absolute Gasteiger partial charge is 0.205 e. The summed E-state index contributed by atoms with van der Waals surface area (Å²) in [5.74, 6) is 0.908. The van der Waals surface area contributed by atoms with E-state index in [2.05, 4.69) is 10.6 Å². The highest BCUT2D eigenvalue weighted by molar-refractivity contribution is 7.12. The molecule has 0 aliphatic carbocycles. The Hall–Kier alpha value is -2.56. The first-order valence-electron chi connectivity index (χ1n) is 9.18. The number of aromatic nitrogens is 1. The maximum absolute atomic E-state index is 12.9. The summed E-state index contributed by atoms with van der Waals surface area (Å²) >= 11 is 7.53. The van der Waals surface area contributed by atoms with E-state index in [4.69, 9.17) is 16.3 Å². The van der Waals surface area contributed by atoms with Crippen LogP contribution in [0.3, 0.4) is 0 Å². The van der Waals surface area contributed by atoms with Crippen LogP contribution in [0.1, 0.15) is 27.2 Å². The molecule has 2 aromatic heterocycles. The predicted octanol–water partition coefficient (Wildman–Crippen LogP) is 6.36. The van der Waals surface area contributed by atoms with Gasteiger partial charge >= 0.3 is 0 Å². The molecule has 0 spiro atoms. The summed E-state index contributed by atoms with van der Waals surface area (Å²) in [6.45, 7) is 3.35. The molecule has 0 atom stereocenters. The summed E-state index contributed by atoms with van der Waals surface area (Å²) in [5, 5.41) is 3.67. The van der Waals surface area contributed by atoms with Gasteiger partial charge < -0.3 is 9.30 Å². The average molecular weight is 410 g/mol. The second-order valence-corrected chi connectivity index (χ2v) is 8.03. The Kier molecular flexibility index (Phi) is 5.51. The van der Waals surface area contributed by atoms with Crippen LogP contribution in [0.15, 0.2) is 66.2 Å². The number of halogens is 1. The van der Waals surface area contributed by atoms with Gasteiger partial charge in [-0.1, -0.05) is 35.9 Å². The monoisotopic (exact) mass is 409 g/mol. The van der Waals surface area contributed by atoms with Crippen LogP contribution >= 0.6 is 22.9 Å². The van der Waals surface area contributed by atoms with Gasteiger partial charge in [-0.2, -0.15) is 0 Å². The summed E-state index contributed by atoms with van der Waals surface area (Å²) in [7, 11) is 0. The molecule has 4 aromatic rings. The summed E-state index contributed by atoms with van der Waals surface area (Å²) < 4.78 is 8.00. The first kappa shape index (κ1) is 18.8. The lowest BCUT2D eigenvalue weighted by Crippen LogP contribution is -2.04. The fourth-order valence-electron chi connectivity index (χ4n) is 3.29. The van der Waals surface area contributed by atoms with Crippen LogP contribution in [0.4, 0.5) is 0 Å². The maximum Gasteiger partial charge on any atom is 0.205 e. The van der Waals surface area contributed by atoms with E-state index in [1.165, 1.54) is 11.3 Å². The molecule has 3 nitrogen and oxygen atoms in total. The fourth-order valence-corrected chi connectivity index (χ4v) is 4.08. The SMILES string of the molecule is Cc1cc(OCCCn2cc(C(=O)c3cccs3)c3ccccc32)ccc1Cl. The number of aryl methyl sites for hydroxylation is 2. The van der Waals surface area contributed by atoms with E-state index >= 15 is 0 Å². The highest BCUT2D eigenvalue weighted by Crippen LogP contribution is 2.26. The maximum atomic E-state index is 12.9. The molecule has 0 bridgehead atoms. The standard InChI is InChI=1S/C23H20ClNO2S/c1-16-14-17(9-10-20(16)24)27-12-5-11-25-15-19(18-6-2-3-7-21(18)25)23(26)22-8-4-13-28-22/h2-4,6-10,13-15H,5,11-12H2,1H3. The Bertz CT molecular complexity index is 1120. The van der Waals surface area contributed by atoms with Crippen LogP contribution in [-0.4, -0.2) is 17.0 Å². The number of benzene rings is 2. The average Bonchev–Trinajstić information content (AvgIpc) is 3.36. The van der Waals surface area contributed by atoms with Gasteiger partial charge in [0.1, 0.15) is 5.75 Å². The van der Waals surface area contributed by atoms with Crippen molar-refractivity contribution in [2.75, 3.05) is 6.61 Å². The van der Waals surface area contributed by atoms with E-state index in [0.29, 0.717) is 6.61 Å². The minimum absolute atomic E-state index is 0.0813. The number of fused-ring (bicyclic) bond motifs is 1. The summed E-state index contributed by atoms with van der Waals surface area (Å²) in [6.07, 6.45) is 2.81. The lowest BCUT2D eigenvalue weighted by Gasteiger charge is -2.09. The van der Waals surface area contributed by atoms with Gasteiger partial charge in [0.2, 0.25) is 5.78 Å². The summed E-state index contributed by atoms with van der Waals surface area (Å²) in [6, 6.07) is 17.5. The van der Waals surface area contributed by atoms with Gasteiger partial charge in [-0.25, -0.2) is 0 Å². The zero-order chi connectivity index (χ0) is 19.5. The van der Waals surface area contributed by atoms with E-state index in [0.717, 1.165) is 50.6 Å². The van der Waals surface area contributed by atoms with Crippen molar-refractivity contribution in [2.45, 2.75) is 19.9 Å². The minimum Gasteiger partial charge on any atom is -0.494 e. The van der Waals surface area contributed by atoms with Crippen molar-refractivity contribution in [3.8, 4) is 5.75 Å². The van der Waals surface area contributed by atoms with Gasteiger partial charge in [0, 0.05) is 34.2 Å². The summed E-state index contributed by atoms with van der Waals surface area (Å²) in [5.41, 5.74) is 2.84. The molecule has 142 valence electrons. The predicted molar refractivity (Wildman–Crippen MR) is 116 cm³/mol. The molecule has 0 fully saturated rings. The van der Waals surface area contributed by atoms with E-state index < -0.39 is 0 Å². The quantitative estimate of drug-likeness (QED) is 0.262. The highest BCUT2D eigenvalue weighted by Gasteiger charge is 2.17. The zero-order valence-electron chi connectivity index (χ0n) is 15.5. The van der Waals surface area contributed by atoms with Crippen molar-refractivity contribution in [1.29, 1.82) is 0 Å². The Morgan fingerprint density at radius 2 is 2.00 bits per heavy atom. The van der Waals surface area contributed by atoms with Gasteiger partial charge in [0.05, 0.1) is 11.5 Å². The van der Waals surface area contributed by atoms with Crippen LogP contribution in [0, 0.1) is 6.92 Å². The highest BCUT2D eigenvalue weighted by atomic mass is 35.5. The molecule has 0 saturated carbocycles. The Morgan fingerprint density at radius 3 is 2.79 bits per heavy atom. The third-order valence-electron chi connectivity index (χ3n) is 4.72. The van der Waals surface area contributed by atoms with E-state index in [9.17, 15) is 4.79 Å². The molecule has 2 aromatic carbocycles. The molecule has 0 saturated heterocycles. The molecule has 0 radical (unpaired) electrons.